The van der Waals surface area contributed by atoms with E-state index in [9.17, 15) is 14.4 Å². The summed E-state index contributed by atoms with van der Waals surface area (Å²) < 4.78 is 11.5. The van der Waals surface area contributed by atoms with E-state index in [-0.39, 0.29) is 34.5 Å². The van der Waals surface area contributed by atoms with Crippen molar-refractivity contribution in [1.29, 1.82) is 0 Å². The van der Waals surface area contributed by atoms with Gasteiger partial charge in [0.15, 0.2) is 11.2 Å². The van der Waals surface area contributed by atoms with Crippen LogP contribution in [0.2, 0.25) is 0 Å². The summed E-state index contributed by atoms with van der Waals surface area (Å²) in [5, 5.41) is 3.97. The summed E-state index contributed by atoms with van der Waals surface area (Å²) in [6.45, 7) is 13.7. The van der Waals surface area contributed by atoms with Crippen LogP contribution in [0.3, 0.4) is 0 Å². The molecule has 0 spiro atoms. The van der Waals surface area contributed by atoms with Crippen LogP contribution in [0.1, 0.15) is 88.7 Å². The molecule has 0 radical (unpaired) electrons. The number of halogens is 1. The van der Waals surface area contributed by atoms with Crippen LogP contribution in [-0.4, -0.2) is 36.7 Å². The lowest BCUT2D eigenvalue weighted by Crippen LogP contribution is -2.31. The average Bonchev–Trinajstić information content (AvgIpc) is 3.02. The number of para-hydroxylation sites is 1. The van der Waals surface area contributed by atoms with Crippen molar-refractivity contribution in [1.82, 2.24) is 0 Å². The molecule has 44 heavy (non-hydrogen) atoms. The zero-order valence-corrected chi connectivity index (χ0v) is 27.6. The Labute approximate surface area is 266 Å². The Balaban J connectivity index is 1.62. The van der Waals surface area contributed by atoms with Crippen LogP contribution in [0.4, 0.5) is 11.4 Å². The molecule has 1 atom stereocenters. The SMILES string of the molecule is CCC(C)(C)c1ccc(OCCCC(=O)Nc2ccc(OC)c(C(=O)C(Cl)C(=O)Nc3ccccc3)c2)c(C(C)(C)CC)c1. The summed E-state index contributed by atoms with van der Waals surface area (Å²) in [4.78, 5) is 38.6. The van der Waals surface area contributed by atoms with Crippen molar-refractivity contribution >= 4 is 40.6 Å². The number of benzene rings is 3. The predicted octanol–water partition coefficient (Wildman–Crippen LogP) is 8.30. The first kappa shape index (κ1) is 34.6. The number of ether oxygens (including phenoxy) is 2. The van der Waals surface area contributed by atoms with Crippen molar-refractivity contribution in [3.8, 4) is 11.5 Å². The van der Waals surface area contributed by atoms with Crippen molar-refractivity contribution in [3.63, 3.8) is 0 Å². The molecule has 3 aromatic carbocycles. The first-order valence-electron chi connectivity index (χ1n) is 15.1. The third-order valence-electron chi connectivity index (χ3n) is 8.31. The molecule has 0 saturated carbocycles. The van der Waals surface area contributed by atoms with Gasteiger partial charge in [0.25, 0.3) is 0 Å². The summed E-state index contributed by atoms with van der Waals surface area (Å²) in [5.74, 6) is -0.429. The average molecular weight is 621 g/mol. The van der Waals surface area contributed by atoms with E-state index in [2.05, 4.69) is 70.4 Å². The van der Waals surface area contributed by atoms with E-state index in [4.69, 9.17) is 21.1 Å². The highest BCUT2D eigenvalue weighted by molar-refractivity contribution is 6.45. The van der Waals surface area contributed by atoms with Gasteiger partial charge in [0.2, 0.25) is 11.8 Å². The fraction of sp³-hybridized carbons (Fsp3) is 0.417. The minimum Gasteiger partial charge on any atom is -0.496 e. The Morgan fingerprint density at radius 1 is 0.818 bits per heavy atom. The number of carbonyl (C=O) groups is 3. The van der Waals surface area contributed by atoms with Crippen molar-refractivity contribution < 1.29 is 23.9 Å². The van der Waals surface area contributed by atoms with Crippen molar-refractivity contribution in [2.75, 3.05) is 24.4 Å². The highest BCUT2D eigenvalue weighted by Crippen LogP contribution is 2.38. The molecule has 0 fully saturated rings. The molecule has 2 N–H and O–H groups in total. The lowest BCUT2D eigenvalue weighted by Gasteiger charge is -2.30. The van der Waals surface area contributed by atoms with Crippen molar-refractivity contribution in [2.45, 2.75) is 83.4 Å². The molecule has 0 aromatic heterocycles. The fourth-order valence-electron chi connectivity index (χ4n) is 4.60. The molecule has 0 aliphatic heterocycles. The van der Waals surface area contributed by atoms with E-state index in [1.165, 1.54) is 24.3 Å². The van der Waals surface area contributed by atoms with Gasteiger partial charge >= 0.3 is 0 Å². The molecule has 7 nitrogen and oxygen atoms in total. The second-order valence-corrected chi connectivity index (χ2v) is 12.6. The van der Waals surface area contributed by atoms with Crippen LogP contribution < -0.4 is 20.1 Å². The monoisotopic (exact) mass is 620 g/mol. The lowest BCUT2D eigenvalue weighted by atomic mass is 9.76. The van der Waals surface area contributed by atoms with E-state index in [0.29, 0.717) is 24.4 Å². The van der Waals surface area contributed by atoms with E-state index < -0.39 is 17.1 Å². The Hall–Kier alpha value is -3.84. The fourth-order valence-corrected chi connectivity index (χ4v) is 4.77. The van der Waals surface area contributed by atoms with Crippen molar-refractivity contribution in [2.24, 2.45) is 0 Å². The second kappa shape index (κ2) is 15.2. The number of amides is 2. The number of anilines is 2. The van der Waals surface area contributed by atoms with Gasteiger partial charge in [-0.3, -0.25) is 14.4 Å². The predicted molar refractivity (Wildman–Crippen MR) is 178 cm³/mol. The number of rotatable bonds is 15. The van der Waals surface area contributed by atoms with Crippen LogP contribution in [0, 0.1) is 0 Å². The van der Waals surface area contributed by atoms with E-state index in [0.717, 1.165) is 18.6 Å². The molecule has 2 amide bonds. The normalized spacial score (nSPS) is 12.3. The Kier molecular flexibility index (Phi) is 12.0. The maximum atomic E-state index is 13.2. The maximum Gasteiger partial charge on any atom is 0.250 e. The zero-order valence-electron chi connectivity index (χ0n) is 26.9. The molecule has 0 aliphatic carbocycles. The molecule has 3 aromatic rings. The molecule has 0 bridgehead atoms. The molecule has 8 heteroatoms. The van der Waals surface area contributed by atoms with Crippen LogP contribution in [0.25, 0.3) is 0 Å². The van der Waals surface area contributed by atoms with E-state index in [1.807, 2.05) is 6.07 Å². The summed E-state index contributed by atoms with van der Waals surface area (Å²) in [5.41, 5.74) is 3.49. The van der Waals surface area contributed by atoms with Gasteiger partial charge in [0, 0.05) is 23.4 Å². The largest absolute Gasteiger partial charge is 0.496 e. The number of Topliss-reactive ketones (excluding diaryl/α,β-unsaturated/α-hetero) is 1. The quantitative estimate of drug-likeness (QED) is 0.0771. The standard InChI is InChI=1S/C36H45ClN2O5/c1-8-35(3,4)24-17-19-30(28(22-24)36(5,6)9-2)44-21-13-16-31(40)38-26-18-20-29(43-7)27(23-26)33(41)32(37)34(42)39-25-14-11-10-12-15-25/h10-12,14-15,17-20,22-23,32H,8-9,13,16,21H2,1-7H3,(H,38,40)(H,39,42). The Morgan fingerprint density at radius 2 is 1.48 bits per heavy atom. The summed E-state index contributed by atoms with van der Waals surface area (Å²) in [7, 11) is 1.42. The summed E-state index contributed by atoms with van der Waals surface area (Å²) in [6.07, 6.45) is 2.73. The van der Waals surface area contributed by atoms with E-state index in [1.54, 1.807) is 36.4 Å². The summed E-state index contributed by atoms with van der Waals surface area (Å²) >= 11 is 6.26. The highest BCUT2D eigenvalue weighted by Gasteiger charge is 2.29. The van der Waals surface area contributed by atoms with Gasteiger partial charge < -0.3 is 20.1 Å². The molecular weight excluding hydrogens is 576 g/mol. The van der Waals surface area contributed by atoms with Crippen LogP contribution >= 0.6 is 11.6 Å². The maximum absolute atomic E-state index is 13.2. The minimum atomic E-state index is -1.49. The molecule has 3 rings (SSSR count). The number of hydrogen-bond donors (Lipinski definition) is 2. The molecule has 0 saturated heterocycles. The van der Waals surface area contributed by atoms with Gasteiger partial charge in [-0.25, -0.2) is 0 Å². The molecule has 236 valence electrons. The van der Waals surface area contributed by atoms with Gasteiger partial charge in [-0.1, -0.05) is 71.9 Å². The zero-order chi connectivity index (χ0) is 32.5. The molecular formula is C36H45ClN2O5. The number of ketones is 1. The third kappa shape index (κ3) is 8.85. The molecule has 1 unspecified atom stereocenters. The minimum absolute atomic E-state index is 0.0552. The highest BCUT2D eigenvalue weighted by atomic mass is 35.5. The number of carbonyl (C=O) groups excluding carboxylic acids is 3. The number of nitrogens with one attached hydrogen (secondary N) is 2. The van der Waals surface area contributed by atoms with Gasteiger partial charge in [-0.05, 0) is 72.1 Å². The third-order valence-corrected chi connectivity index (χ3v) is 8.71. The Morgan fingerprint density at radius 3 is 2.11 bits per heavy atom. The first-order chi connectivity index (χ1) is 20.8. The van der Waals surface area contributed by atoms with Gasteiger partial charge in [0.1, 0.15) is 11.5 Å². The summed E-state index contributed by atoms with van der Waals surface area (Å²) in [6, 6.07) is 19.9. The van der Waals surface area contributed by atoms with Crippen LogP contribution in [-0.2, 0) is 20.4 Å². The smallest absolute Gasteiger partial charge is 0.250 e. The Bertz CT molecular complexity index is 1450. The molecule has 0 heterocycles. The van der Waals surface area contributed by atoms with Crippen molar-refractivity contribution in [3.05, 3.63) is 83.4 Å². The van der Waals surface area contributed by atoms with Gasteiger partial charge in [0.05, 0.1) is 19.3 Å². The lowest BCUT2D eigenvalue weighted by molar-refractivity contribution is -0.116. The van der Waals surface area contributed by atoms with Gasteiger partial charge in [-0.15, -0.1) is 11.6 Å². The van der Waals surface area contributed by atoms with Crippen LogP contribution in [0.15, 0.2) is 66.7 Å². The first-order valence-corrected chi connectivity index (χ1v) is 15.6. The second-order valence-electron chi connectivity index (χ2n) is 12.2. The number of alkyl halides is 1. The van der Waals surface area contributed by atoms with Crippen LogP contribution in [0.5, 0.6) is 11.5 Å². The number of methoxy groups -OCH3 is 1. The topological polar surface area (TPSA) is 93.7 Å². The number of hydrogen-bond acceptors (Lipinski definition) is 5. The van der Waals surface area contributed by atoms with E-state index >= 15 is 0 Å². The van der Waals surface area contributed by atoms with Gasteiger partial charge in [-0.2, -0.15) is 0 Å². The molecule has 0 aliphatic rings.